The molecule has 2 amide bonds. The van der Waals surface area contributed by atoms with Crippen LogP contribution >= 0.6 is 0 Å². The number of hydrogen-bond acceptors (Lipinski definition) is 3. The Balaban J connectivity index is 1.66. The summed E-state index contributed by atoms with van der Waals surface area (Å²) in [5.74, 6) is 0.823. The van der Waals surface area contributed by atoms with E-state index < -0.39 is 0 Å². The predicted octanol–water partition coefficient (Wildman–Crippen LogP) is 2.14. The number of carbonyl (C=O) groups is 1. The molecule has 0 aliphatic carbocycles. The van der Waals surface area contributed by atoms with Gasteiger partial charge in [0, 0.05) is 45.2 Å². The Morgan fingerprint density at radius 2 is 2.05 bits per heavy atom. The summed E-state index contributed by atoms with van der Waals surface area (Å²) in [4.78, 5) is 20.0. The molecule has 5 nitrogen and oxygen atoms in total. The van der Waals surface area contributed by atoms with E-state index in [4.69, 9.17) is 4.74 Å². The van der Waals surface area contributed by atoms with E-state index in [2.05, 4.69) is 9.88 Å². The lowest BCUT2D eigenvalue weighted by molar-refractivity contribution is 0.0598. The SMILES string of the molecule is CN(C)C(=O)N1C2CCC1CC(Oc1cccnc1)C2. The number of fused-ring (bicyclic) bond motifs is 2. The predicted molar refractivity (Wildman–Crippen MR) is 75.6 cm³/mol. The normalized spacial score (nSPS) is 28.3. The van der Waals surface area contributed by atoms with Gasteiger partial charge in [-0.3, -0.25) is 4.98 Å². The second-order valence-electron chi connectivity index (χ2n) is 5.87. The van der Waals surface area contributed by atoms with E-state index in [9.17, 15) is 4.79 Å². The van der Waals surface area contributed by atoms with Gasteiger partial charge >= 0.3 is 6.03 Å². The summed E-state index contributed by atoms with van der Waals surface area (Å²) in [7, 11) is 3.64. The van der Waals surface area contributed by atoms with Crippen molar-refractivity contribution in [1.82, 2.24) is 14.8 Å². The highest BCUT2D eigenvalue weighted by molar-refractivity contribution is 5.75. The van der Waals surface area contributed by atoms with Gasteiger partial charge in [-0.15, -0.1) is 0 Å². The van der Waals surface area contributed by atoms with Gasteiger partial charge in [-0.1, -0.05) is 0 Å². The van der Waals surface area contributed by atoms with Crippen molar-refractivity contribution in [3.05, 3.63) is 24.5 Å². The highest BCUT2D eigenvalue weighted by atomic mass is 16.5. The molecular formula is C15H21N3O2. The molecule has 2 atom stereocenters. The quantitative estimate of drug-likeness (QED) is 0.830. The van der Waals surface area contributed by atoms with Gasteiger partial charge in [-0.05, 0) is 25.0 Å². The van der Waals surface area contributed by atoms with Gasteiger partial charge in [0.05, 0.1) is 6.20 Å². The molecule has 0 spiro atoms. The molecule has 5 heteroatoms. The van der Waals surface area contributed by atoms with Crippen molar-refractivity contribution in [2.24, 2.45) is 0 Å². The molecule has 0 N–H and O–H groups in total. The maximum atomic E-state index is 12.2. The molecule has 2 saturated heterocycles. The number of amides is 2. The number of urea groups is 1. The highest BCUT2D eigenvalue weighted by Crippen LogP contribution is 2.37. The summed E-state index contributed by atoms with van der Waals surface area (Å²) in [6.45, 7) is 0. The number of hydrogen-bond donors (Lipinski definition) is 0. The van der Waals surface area contributed by atoms with E-state index in [1.165, 1.54) is 0 Å². The van der Waals surface area contributed by atoms with E-state index >= 15 is 0 Å². The van der Waals surface area contributed by atoms with Gasteiger partial charge < -0.3 is 14.5 Å². The van der Waals surface area contributed by atoms with Crippen molar-refractivity contribution < 1.29 is 9.53 Å². The number of ether oxygens (including phenoxy) is 1. The first-order chi connectivity index (χ1) is 9.65. The zero-order chi connectivity index (χ0) is 14.1. The summed E-state index contributed by atoms with van der Waals surface area (Å²) in [6, 6.07) is 4.61. The number of nitrogens with zero attached hydrogens (tertiary/aromatic N) is 3. The molecule has 2 unspecified atom stereocenters. The number of pyridine rings is 1. The second kappa shape index (κ2) is 5.31. The van der Waals surface area contributed by atoms with Crippen molar-refractivity contribution in [2.75, 3.05) is 14.1 Å². The van der Waals surface area contributed by atoms with E-state index in [-0.39, 0.29) is 12.1 Å². The molecule has 2 bridgehead atoms. The van der Waals surface area contributed by atoms with Gasteiger partial charge in [-0.2, -0.15) is 0 Å². The Morgan fingerprint density at radius 1 is 1.35 bits per heavy atom. The average molecular weight is 275 g/mol. The molecule has 0 aromatic carbocycles. The zero-order valence-electron chi connectivity index (χ0n) is 12.0. The maximum Gasteiger partial charge on any atom is 0.319 e. The summed E-state index contributed by atoms with van der Waals surface area (Å²) in [5.41, 5.74) is 0. The van der Waals surface area contributed by atoms with Crippen LogP contribution in [0.5, 0.6) is 5.75 Å². The minimum absolute atomic E-state index is 0.136. The fraction of sp³-hybridized carbons (Fsp3) is 0.600. The van der Waals surface area contributed by atoms with Crippen LogP contribution in [0.15, 0.2) is 24.5 Å². The molecule has 1 aromatic rings. The molecule has 2 aliphatic heterocycles. The van der Waals surface area contributed by atoms with Crippen LogP contribution in [0.2, 0.25) is 0 Å². The Morgan fingerprint density at radius 3 is 2.60 bits per heavy atom. The van der Waals surface area contributed by atoms with Crippen molar-refractivity contribution in [2.45, 2.75) is 43.9 Å². The fourth-order valence-corrected chi connectivity index (χ4v) is 3.38. The largest absolute Gasteiger partial charge is 0.489 e. The first-order valence-electron chi connectivity index (χ1n) is 7.21. The number of piperidine rings is 1. The smallest absolute Gasteiger partial charge is 0.319 e. The number of carbonyl (C=O) groups excluding carboxylic acids is 1. The Hall–Kier alpha value is -1.78. The van der Waals surface area contributed by atoms with E-state index in [0.717, 1.165) is 31.4 Å². The molecule has 20 heavy (non-hydrogen) atoms. The van der Waals surface area contributed by atoms with Gasteiger partial charge in [-0.25, -0.2) is 4.79 Å². The third kappa shape index (κ3) is 2.44. The lowest BCUT2D eigenvalue weighted by Gasteiger charge is -2.40. The Kier molecular flexibility index (Phi) is 3.51. The summed E-state index contributed by atoms with van der Waals surface area (Å²) in [6.07, 6.45) is 7.72. The standard InChI is InChI=1S/C15H21N3O2/c1-17(2)15(19)18-11-5-6-12(18)9-14(8-11)20-13-4-3-7-16-10-13/h3-4,7,10-12,14H,5-6,8-9H2,1-2H3. The van der Waals surface area contributed by atoms with Crippen LogP contribution in [-0.2, 0) is 0 Å². The van der Waals surface area contributed by atoms with E-state index in [0.29, 0.717) is 12.1 Å². The average Bonchev–Trinajstić information content (AvgIpc) is 2.70. The third-order valence-electron chi connectivity index (χ3n) is 4.23. The van der Waals surface area contributed by atoms with Crippen LogP contribution in [0.1, 0.15) is 25.7 Å². The van der Waals surface area contributed by atoms with Crippen LogP contribution in [0, 0.1) is 0 Å². The minimum Gasteiger partial charge on any atom is -0.489 e. The van der Waals surface area contributed by atoms with Crippen LogP contribution < -0.4 is 4.74 Å². The Bertz CT molecular complexity index is 463. The summed E-state index contributed by atoms with van der Waals surface area (Å²) < 4.78 is 6.01. The third-order valence-corrected chi connectivity index (χ3v) is 4.23. The monoisotopic (exact) mass is 275 g/mol. The molecule has 2 fully saturated rings. The number of aromatic nitrogens is 1. The molecule has 3 rings (SSSR count). The molecule has 1 aromatic heterocycles. The topological polar surface area (TPSA) is 45.7 Å². The van der Waals surface area contributed by atoms with Gasteiger partial charge in [0.1, 0.15) is 11.9 Å². The molecule has 108 valence electrons. The highest BCUT2D eigenvalue weighted by Gasteiger charge is 2.44. The van der Waals surface area contributed by atoms with Crippen molar-refractivity contribution >= 4 is 6.03 Å². The fourth-order valence-electron chi connectivity index (χ4n) is 3.38. The van der Waals surface area contributed by atoms with Crippen LogP contribution in [0.25, 0.3) is 0 Å². The maximum absolute atomic E-state index is 12.2. The zero-order valence-corrected chi connectivity index (χ0v) is 12.0. The van der Waals surface area contributed by atoms with Gasteiger partial charge in [0.15, 0.2) is 0 Å². The minimum atomic E-state index is 0.136. The molecule has 2 aliphatic rings. The second-order valence-corrected chi connectivity index (χ2v) is 5.87. The lowest BCUT2D eigenvalue weighted by Crippen LogP contribution is -2.52. The molecule has 0 radical (unpaired) electrons. The number of rotatable bonds is 2. The van der Waals surface area contributed by atoms with Crippen LogP contribution in [-0.4, -0.2) is 53.1 Å². The van der Waals surface area contributed by atoms with E-state index in [1.807, 2.05) is 26.2 Å². The van der Waals surface area contributed by atoms with Gasteiger partial charge in [0.25, 0.3) is 0 Å². The summed E-state index contributed by atoms with van der Waals surface area (Å²) in [5, 5.41) is 0. The molecule has 3 heterocycles. The van der Waals surface area contributed by atoms with Gasteiger partial charge in [0.2, 0.25) is 0 Å². The van der Waals surface area contributed by atoms with Crippen molar-refractivity contribution in [3.8, 4) is 5.75 Å². The first kappa shape index (κ1) is 13.2. The van der Waals surface area contributed by atoms with Crippen LogP contribution in [0.3, 0.4) is 0 Å². The van der Waals surface area contributed by atoms with Crippen molar-refractivity contribution in [1.29, 1.82) is 0 Å². The molecular weight excluding hydrogens is 254 g/mol. The lowest BCUT2D eigenvalue weighted by atomic mass is 10.00. The molecule has 0 saturated carbocycles. The summed E-state index contributed by atoms with van der Waals surface area (Å²) >= 11 is 0. The Labute approximate surface area is 119 Å². The van der Waals surface area contributed by atoms with Crippen molar-refractivity contribution in [3.63, 3.8) is 0 Å². The van der Waals surface area contributed by atoms with Crippen LogP contribution in [0.4, 0.5) is 4.79 Å². The van der Waals surface area contributed by atoms with E-state index in [1.54, 1.807) is 17.3 Å². The first-order valence-corrected chi connectivity index (χ1v) is 7.21.